The van der Waals surface area contributed by atoms with E-state index in [9.17, 15) is 9.59 Å². The standard InChI is InChI=1S/C19H21ClN2O2S/c1-3-5-18(23)21-16-6-4-7-17(12-16)25-13(2)19(24)22-15-10-8-14(20)9-11-15/h4,6-13H,3,5H2,1-2H3,(H,21,23)(H,22,24). The molecule has 0 spiro atoms. The summed E-state index contributed by atoms with van der Waals surface area (Å²) in [7, 11) is 0. The Morgan fingerprint density at radius 3 is 2.48 bits per heavy atom. The van der Waals surface area contributed by atoms with Gasteiger partial charge in [0, 0.05) is 27.7 Å². The quantitative estimate of drug-likeness (QED) is 0.653. The van der Waals surface area contributed by atoms with Gasteiger partial charge >= 0.3 is 0 Å². The molecule has 6 heteroatoms. The molecule has 132 valence electrons. The minimum Gasteiger partial charge on any atom is -0.326 e. The molecular weight excluding hydrogens is 356 g/mol. The van der Waals surface area contributed by atoms with Gasteiger partial charge in [-0.25, -0.2) is 0 Å². The molecule has 0 saturated carbocycles. The summed E-state index contributed by atoms with van der Waals surface area (Å²) in [5, 5.41) is 6.08. The predicted molar refractivity (Wildman–Crippen MR) is 105 cm³/mol. The Balaban J connectivity index is 1.95. The van der Waals surface area contributed by atoms with Gasteiger partial charge in [0.05, 0.1) is 5.25 Å². The zero-order valence-corrected chi connectivity index (χ0v) is 15.8. The lowest BCUT2D eigenvalue weighted by Crippen LogP contribution is -2.22. The Morgan fingerprint density at radius 2 is 1.80 bits per heavy atom. The molecule has 2 rings (SSSR count). The molecular formula is C19H21ClN2O2S. The fourth-order valence-corrected chi connectivity index (χ4v) is 3.18. The van der Waals surface area contributed by atoms with Crippen molar-refractivity contribution in [1.82, 2.24) is 0 Å². The zero-order chi connectivity index (χ0) is 18.2. The third kappa shape index (κ3) is 6.44. The summed E-state index contributed by atoms with van der Waals surface area (Å²) in [5.41, 5.74) is 1.45. The summed E-state index contributed by atoms with van der Waals surface area (Å²) < 4.78 is 0. The van der Waals surface area contributed by atoms with Gasteiger partial charge in [0.25, 0.3) is 0 Å². The van der Waals surface area contributed by atoms with E-state index in [4.69, 9.17) is 11.6 Å². The Morgan fingerprint density at radius 1 is 1.08 bits per heavy atom. The van der Waals surface area contributed by atoms with E-state index in [1.54, 1.807) is 24.3 Å². The Labute approximate surface area is 157 Å². The van der Waals surface area contributed by atoms with Crippen LogP contribution in [-0.2, 0) is 9.59 Å². The van der Waals surface area contributed by atoms with E-state index in [-0.39, 0.29) is 17.1 Å². The van der Waals surface area contributed by atoms with Crippen LogP contribution in [0, 0.1) is 0 Å². The van der Waals surface area contributed by atoms with Crippen molar-refractivity contribution in [3.05, 3.63) is 53.6 Å². The molecule has 2 aromatic carbocycles. The lowest BCUT2D eigenvalue weighted by molar-refractivity contribution is -0.116. The highest BCUT2D eigenvalue weighted by molar-refractivity contribution is 8.00. The maximum atomic E-state index is 12.3. The molecule has 1 atom stereocenters. The van der Waals surface area contributed by atoms with Gasteiger partial charge in [-0.05, 0) is 55.8 Å². The number of benzene rings is 2. The average Bonchev–Trinajstić information content (AvgIpc) is 2.57. The predicted octanol–water partition coefficient (Wildman–Crippen LogP) is 5.20. The number of nitrogens with one attached hydrogen (secondary N) is 2. The van der Waals surface area contributed by atoms with Gasteiger partial charge in [-0.15, -0.1) is 11.8 Å². The van der Waals surface area contributed by atoms with Crippen molar-refractivity contribution in [2.75, 3.05) is 10.6 Å². The van der Waals surface area contributed by atoms with Gasteiger partial charge in [-0.1, -0.05) is 24.6 Å². The summed E-state index contributed by atoms with van der Waals surface area (Å²) in [6.45, 7) is 3.81. The number of hydrogen-bond donors (Lipinski definition) is 2. The summed E-state index contributed by atoms with van der Waals surface area (Å²) >= 11 is 7.28. The lowest BCUT2D eigenvalue weighted by atomic mass is 10.3. The van der Waals surface area contributed by atoms with Crippen LogP contribution >= 0.6 is 23.4 Å². The van der Waals surface area contributed by atoms with Gasteiger partial charge in [0.15, 0.2) is 0 Å². The molecule has 0 bridgehead atoms. The minimum absolute atomic E-state index is 0.00169. The van der Waals surface area contributed by atoms with Gasteiger partial charge in [-0.2, -0.15) is 0 Å². The molecule has 0 aliphatic heterocycles. The Bertz CT molecular complexity index is 734. The maximum Gasteiger partial charge on any atom is 0.237 e. The van der Waals surface area contributed by atoms with Crippen LogP contribution in [0.1, 0.15) is 26.7 Å². The maximum absolute atomic E-state index is 12.3. The number of carbonyl (C=O) groups excluding carboxylic acids is 2. The second-order valence-electron chi connectivity index (χ2n) is 5.58. The van der Waals surface area contributed by atoms with Crippen LogP contribution in [0.4, 0.5) is 11.4 Å². The summed E-state index contributed by atoms with van der Waals surface area (Å²) in [4.78, 5) is 24.9. The number of hydrogen-bond acceptors (Lipinski definition) is 3. The van der Waals surface area contributed by atoms with Crippen molar-refractivity contribution < 1.29 is 9.59 Å². The largest absolute Gasteiger partial charge is 0.326 e. The average molecular weight is 377 g/mol. The number of anilines is 2. The van der Waals surface area contributed by atoms with Crippen LogP contribution in [-0.4, -0.2) is 17.1 Å². The van der Waals surface area contributed by atoms with Crippen molar-refractivity contribution >= 4 is 46.6 Å². The minimum atomic E-state index is -0.280. The van der Waals surface area contributed by atoms with E-state index in [2.05, 4.69) is 10.6 Å². The van der Waals surface area contributed by atoms with Crippen LogP contribution in [0.3, 0.4) is 0 Å². The summed E-state index contributed by atoms with van der Waals surface area (Å²) in [6.07, 6.45) is 1.31. The van der Waals surface area contributed by atoms with Crippen LogP contribution in [0.5, 0.6) is 0 Å². The molecule has 2 aromatic rings. The van der Waals surface area contributed by atoms with E-state index < -0.39 is 0 Å². The molecule has 0 radical (unpaired) electrons. The molecule has 2 amide bonds. The summed E-state index contributed by atoms with van der Waals surface area (Å²) in [5.74, 6) is -0.0917. The van der Waals surface area contributed by atoms with Gasteiger partial charge in [-0.3, -0.25) is 9.59 Å². The molecule has 0 aliphatic carbocycles. The molecule has 0 heterocycles. The Kier molecular flexibility index (Phi) is 7.34. The fourth-order valence-electron chi connectivity index (χ4n) is 2.13. The Hall–Kier alpha value is -1.98. The number of halogens is 1. The SMILES string of the molecule is CCCC(=O)Nc1cccc(SC(C)C(=O)Nc2ccc(Cl)cc2)c1. The molecule has 25 heavy (non-hydrogen) atoms. The van der Waals surface area contributed by atoms with E-state index in [0.29, 0.717) is 17.1 Å². The molecule has 0 aliphatic rings. The first-order chi connectivity index (χ1) is 12.0. The highest BCUT2D eigenvalue weighted by Gasteiger charge is 2.15. The van der Waals surface area contributed by atoms with E-state index in [1.165, 1.54) is 11.8 Å². The van der Waals surface area contributed by atoms with E-state index in [0.717, 1.165) is 17.0 Å². The first-order valence-corrected chi connectivity index (χ1v) is 9.36. The number of thioether (sulfide) groups is 1. The third-order valence-electron chi connectivity index (χ3n) is 3.39. The highest BCUT2D eigenvalue weighted by atomic mass is 35.5. The first-order valence-electron chi connectivity index (χ1n) is 8.11. The molecule has 4 nitrogen and oxygen atoms in total. The van der Waals surface area contributed by atoms with Crippen molar-refractivity contribution in [2.24, 2.45) is 0 Å². The van der Waals surface area contributed by atoms with Gasteiger partial charge < -0.3 is 10.6 Å². The van der Waals surface area contributed by atoms with Crippen LogP contribution in [0.15, 0.2) is 53.4 Å². The normalized spacial score (nSPS) is 11.6. The smallest absolute Gasteiger partial charge is 0.237 e. The van der Waals surface area contributed by atoms with Crippen molar-refractivity contribution in [3.63, 3.8) is 0 Å². The van der Waals surface area contributed by atoms with Crippen molar-refractivity contribution in [2.45, 2.75) is 36.8 Å². The van der Waals surface area contributed by atoms with Crippen molar-refractivity contribution in [1.29, 1.82) is 0 Å². The molecule has 0 saturated heterocycles. The van der Waals surface area contributed by atoms with Crippen LogP contribution < -0.4 is 10.6 Å². The van der Waals surface area contributed by atoms with Gasteiger partial charge in [0.2, 0.25) is 11.8 Å². The van der Waals surface area contributed by atoms with Crippen LogP contribution in [0.25, 0.3) is 0 Å². The van der Waals surface area contributed by atoms with E-state index in [1.807, 2.05) is 38.1 Å². The molecule has 0 fully saturated rings. The fraction of sp³-hybridized carbons (Fsp3) is 0.263. The number of rotatable bonds is 7. The third-order valence-corrected chi connectivity index (χ3v) is 4.73. The number of carbonyl (C=O) groups is 2. The van der Waals surface area contributed by atoms with Gasteiger partial charge in [0.1, 0.15) is 0 Å². The zero-order valence-electron chi connectivity index (χ0n) is 14.2. The highest BCUT2D eigenvalue weighted by Crippen LogP contribution is 2.27. The molecule has 2 N–H and O–H groups in total. The topological polar surface area (TPSA) is 58.2 Å². The molecule has 1 unspecified atom stereocenters. The summed E-state index contributed by atoms with van der Waals surface area (Å²) in [6, 6.07) is 14.5. The monoisotopic (exact) mass is 376 g/mol. The number of amides is 2. The second kappa shape index (κ2) is 9.49. The first kappa shape index (κ1) is 19.3. The molecule has 0 aromatic heterocycles. The second-order valence-corrected chi connectivity index (χ2v) is 7.43. The van der Waals surface area contributed by atoms with Crippen molar-refractivity contribution in [3.8, 4) is 0 Å². The van der Waals surface area contributed by atoms with Crippen LogP contribution in [0.2, 0.25) is 5.02 Å². The van der Waals surface area contributed by atoms with E-state index >= 15 is 0 Å². The lowest BCUT2D eigenvalue weighted by Gasteiger charge is -2.13.